The first-order valence-corrected chi connectivity index (χ1v) is 21.4. The van der Waals surface area contributed by atoms with Crippen LogP contribution in [0.3, 0.4) is 0 Å². The summed E-state index contributed by atoms with van der Waals surface area (Å²) in [5.41, 5.74) is 0.851. The molecule has 0 fully saturated rings. The van der Waals surface area contributed by atoms with Gasteiger partial charge < -0.3 is 59.7 Å². The summed E-state index contributed by atoms with van der Waals surface area (Å²) < 4.78 is 36.4. The molecule has 0 heterocycles. The normalized spacial score (nSPS) is 11.8. The summed E-state index contributed by atoms with van der Waals surface area (Å²) in [6, 6.07) is 9.47. The van der Waals surface area contributed by atoms with Crippen molar-refractivity contribution in [1.29, 1.82) is 0 Å². The van der Waals surface area contributed by atoms with Crippen LogP contribution in [0.25, 0.3) is 0 Å². The number of carbonyl (C=O) groups is 7. The third-order valence-corrected chi connectivity index (χ3v) is 8.95. The van der Waals surface area contributed by atoms with E-state index in [0.29, 0.717) is 76.6 Å². The Balaban J connectivity index is 1.47. The number of rotatable bonds is 33. The molecule has 0 aliphatic heterocycles. The van der Waals surface area contributed by atoms with Crippen LogP contribution in [0, 0.1) is 16.0 Å². The van der Waals surface area contributed by atoms with Crippen LogP contribution in [0.2, 0.25) is 0 Å². The fraction of sp³-hybridized carbons (Fsp3) is 0.523. The van der Waals surface area contributed by atoms with Gasteiger partial charge in [0.15, 0.2) is 0 Å². The Hall–Kier alpha value is -6.49. The van der Waals surface area contributed by atoms with Crippen molar-refractivity contribution in [1.82, 2.24) is 21.3 Å². The van der Waals surface area contributed by atoms with Crippen molar-refractivity contribution >= 4 is 53.0 Å². The lowest BCUT2D eigenvalue weighted by molar-refractivity contribution is -0.384. The van der Waals surface area contributed by atoms with Crippen LogP contribution in [-0.2, 0) is 63.8 Å². The molecule has 5 N–H and O–H groups in total. The highest BCUT2D eigenvalue weighted by Crippen LogP contribution is 2.18. The molecular weight excluding hydrogens is 869 g/mol. The number of non-ortho nitro benzene ring substituents is 1. The maximum atomic E-state index is 13.1. The molecule has 0 unspecified atom stereocenters. The number of hydrogen-bond acceptors (Lipinski definition) is 16. The molecule has 0 aromatic heterocycles. The van der Waals surface area contributed by atoms with E-state index in [0.717, 1.165) is 18.6 Å². The molecule has 0 aliphatic carbocycles. The van der Waals surface area contributed by atoms with Crippen LogP contribution < -0.4 is 31.3 Å². The van der Waals surface area contributed by atoms with Crippen LogP contribution in [0.15, 0.2) is 60.7 Å². The molecule has 22 heteroatoms. The van der Waals surface area contributed by atoms with Crippen molar-refractivity contribution in [3.05, 3.63) is 76.4 Å². The third kappa shape index (κ3) is 25.7. The Morgan fingerprint density at radius 2 is 1.29 bits per heavy atom. The second-order valence-corrected chi connectivity index (χ2v) is 14.6. The van der Waals surface area contributed by atoms with Crippen molar-refractivity contribution in [2.45, 2.75) is 71.6 Å². The minimum Gasteiger partial charge on any atom is -0.466 e. The average molecular weight is 931 g/mol. The quantitative estimate of drug-likeness (QED) is 0.0172. The number of carbonyl (C=O) groups excluding carboxylic acids is 7. The first-order chi connectivity index (χ1) is 31.7. The van der Waals surface area contributed by atoms with Gasteiger partial charge in [0.25, 0.3) is 5.69 Å². The van der Waals surface area contributed by atoms with E-state index in [4.69, 9.17) is 28.4 Å². The van der Waals surface area contributed by atoms with Gasteiger partial charge in [-0.3, -0.25) is 34.1 Å². The van der Waals surface area contributed by atoms with Gasteiger partial charge >= 0.3 is 12.1 Å². The molecule has 2 aromatic rings. The van der Waals surface area contributed by atoms with E-state index in [1.807, 2.05) is 0 Å². The van der Waals surface area contributed by atoms with E-state index in [2.05, 4.69) is 31.3 Å². The van der Waals surface area contributed by atoms with Gasteiger partial charge in [0.2, 0.25) is 29.5 Å². The molecule has 22 nitrogen and oxygen atoms in total. The van der Waals surface area contributed by atoms with E-state index in [1.54, 1.807) is 38.1 Å². The van der Waals surface area contributed by atoms with E-state index in [9.17, 15) is 43.7 Å². The van der Waals surface area contributed by atoms with Gasteiger partial charge in [0.1, 0.15) is 24.4 Å². The number of nitrogens with one attached hydrogen (secondary N) is 5. The summed E-state index contributed by atoms with van der Waals surface area (Å²) in [6.07, 6.45) is 3.66. The molecule has 364 valence electrons. The molecule has 0 bridgehead atoms. The molecule has 0 aliphatic rings. The number of unbranched alkanes of at least 4 members (excludes halogenated alkanes) is 2. The fourth-order valence-electron chi connectivity index (χ4n) is 5.34. The Morgan fingerprint density at radius 1 is 0.667 bits per heavy atom. The molecule has 66 heavy (non-hydrogen) atoms. The Labute approximate surface area is 383 Å². The highest BCUT2D eigenvalue weighted by Gasteiger charge is 2.27. The molecule has 0 spiro atoms. The lowest BCUT2D eigenvalue weighted by Crippen LogP contribution is -2.53. The molecule has 0 saturated heterocycles. The summed E-state index contributed by atoms with van der Waals surface area (Å²) in [6.45, 7) is 8.07. The van der Waals surface area contributed by atoms with Gasteiger partial charge in [-0.15, -0.1) is 0 Å². The first-order valence-electron chi connectivity index (χ1n) is 21.4. The van der Waals surface area contributed by atoms with Crippen molar-refractivity contribution in [3.8, 4) is 5.75 Å². The number of anilines is 1. The topological polar surface area (TPSA) is 287 Å². The lowest BCUT2D eigenvalue weighted by Gasteiger charge is -2.24. The Kier molecular flexibility index (Phi) is 27.9. The minimum absolute atomic E-state index is 0.00433. The van der Waals surface area contributed by atoms with Gasteiger partial charge in [-0.05, 0) is 55.5 Å². The predicted molar refractivity (Wildman–Crippen MR) is 237 cm³/mol. The predicted octanol–water partition coefficient (Wildman–Crippen LogP) is 2.87. The number of hydrogen-bond donors (Lipinski definition) is 5. The fourth-order valence-corrected chi connectivity index (χ4v) is 5.34. The van der Waals surface area contributed by atoms with Crippen LogP contribution in [-0.4, -0.2) is 132 Å². The third-order valence-electron chi connectivity index (χ3n) is 8.95. The zero-order chi connectivity index (χ0) is 48.5. The summed E-state index contributed by atoms with van der Waals surface area (Å²) in [5, 5.41) is 24.2. The van der Waals surface area contributed by atoms with E-state index < -0.39 is 46.9 Å². The molecule has 2 atom stereocenters. The highest BCUT2D eigenvalue weighted by molar-refractivity contribution is 5.98. The number of ether oxygens (including phenoxy) is 7. The van der Waals surface area contributed by atoms with Crippen LogP contribution in [0.5, 0.6) is 5.75 Å². The number of methoxy groups -OCH3 is 1. The van der Waals surface area contributed by atoms with Crippen molar-refractivity contribution < 1.29 is 71.6 Å². The van der Waals surface area contributed by atoms with Gasteiger partial charge in [-0.2, -0.15) is 0 Å². The summed E-state index contributed by atoms with van der Waals surface area (Å²) in [4.78, 5) is 95.2. The largest absolute Gasteiger partial charge is 0.514 e. The van der Waals surface area contributed by atoms with Crippen molar-refractivity contribution in [2.24, 2.45) is 5.92 Å². The van der Waals surface area contributed by atoms with Crippen LogP contribution >= 0.6 is 0 Å². The minimum atomic E-state index is -1.01. The second kappa shape index (κ2) is 33.1. The SMILES string of the molecule is COC(=O)/C=C\C(=O)NCCCCCC(=O)NCCOCCOCCOCCOCCC(=O)N[C@H](C(=O)N[C@@H](C)C(=O)Nc1ccc(COC(=O)Oc2ccc([N+](=O)[O-])cc2)cc1)C(C)C. The standard InChI is InChI=1S/C44H62N6O16/c1-31(2)41(43(56)47-32(3)42(55)48-34-11-9-33(10-12-34)30-65-44(57)66-36-15-13-35(14-16-36)50(58)59)49-39(53)19-22-61-24-26-63-28-29-64-27-25-62-23-21-46-37(51)8-6-5-7-20-45-38(52)17-18-40(54)60-4/h9-18,31-32,41H,5-8,19-30H2,1-4H3,(H,45,52)(H,46,51)(H,47,56)(H,48,55)(H,49,53)/b18-17-/t32-,41-/m0/s1. The second-order valence-electron chi connectivity index (χ2n) is 14.6. The Bertz CT molecular complexity index is 1860. The molecule has 0 saturated carbocycles. The van der Waals surface area contributed by atoms with Crippen LogP contribution in [0.4, 0.5) is 16.2 Å². The molecule has 2 aromatic carbocycles. The zero-order valence-corrected chi connectivity index (χ0v) is 37.8. The molecular formula is C44H62N6O16. The number of nitro groups is 1. The van der Waals surface area contributed by atoms with Crippen LogP contribution in [0.1, 0.15) is 58.4 Å². The van der Waals surface area contributed by atoms with E-state index in [1.165, 1.54) is 38.3 Å². The number of nitrogens with zero attached hydrogens (tertiary/aromatic N) is 1. The maximum absolute atomic E-state index is 13.1. The van der Waals surface area contributed by atoms with Crippen molar-refractivity contribution in [3.63, 3.8) is 0 Å². The monoisotopic (exact) mass is 930 g/mol. The van der Waals surface area contributed by atoms with E-state index >= 15 is 0 Å². The van der Waals surface area contributed by atoms with E-state index in [-0.39, 0.29) is 62.0 Å². The Morgan fingerprint density at radius 3 is 1.89 bits per heavy atom. The van der Waals surface area contributed by atoms with Gasteiger partial charge in [0.05, 0.1) is 64.9 Å². The molecule has 5 amide bonds. The number of benzene rings is 2. The van der Waals surface area contributed by atoms with Crippen molar-refractivity contribution in [2.75, 3.05) is 78.4 Å². The first kappa shape index (κ1) is 55.6. The zero-order valence-electron chi connectivity index (χ0n) is 37.8. The lowest BCUT2D eigenvalue weighted by atomic mass is 10.0. The summed E-state index contributed by atoms with van der Waals surface area (Å²) in [7, 11) is 1.23. The van der Waals surface area contributed by atoms with Gasteiger partial charge in [-0.25, -0.2) is 9.59 Å². The number of amides is 5. The van der Waals surface area contributed by atoms with Gasteiger partial charge in [-0.1, -0.05) is 32.4 Å². The smallest absolute Gasteiger partial charge is 0.466 e. The summed E-state index contributed by atoms with van der Waals surface area (Å²) in [5.74, 6) is -2.71. The average Bonchev–Trinajstić information content (AvgIpc) is 3.29. The molecule has 0 radical (unpaired) electrons. The van der Waals surface area contributed by atoms with Gasteiger partial charge in [0, 0.05) is 55.9 Å². The highest BCUT2D eigenvalue weighted by atomic mass is 16.7. The maximum Gasteiger partial charge on any atom is 0.514 e. The number of esters is 1. The number of nitro benzene ring substituents is 1. The summed E-state index contributed by atoms with van der Waals surface area (Å²) >= 11 is 0. The molecule has 2 rings (SSSR count).